The lowest BCUT2D eigenvalue weighted by atomic mass is 10.4. The third-order valence-electron chi connectivity index (χ3n) is 2.35. The van der Waals surface area contributed by atoms with Gasteiger partial charge in [0.2, 0.25) is 0 Å². The molecule has 1 rings (SSSR count). The molecule has 1 saturated carbocycles. The molecule has 0 aromatic carbocycles. The van der Waals surface area contributed by atoms with Gasteiger partial charge in [-0.3, -0.25) is 0 Å². The average Bonchev–Trinajstić information content (AvgIpc) is 2.64. The van der Waals surface area contributed by atoms with Crippen LogP contribution in [0.4, 0.5) is 0 Å². The number of hydrogen-bond acceptors (Lipinski definition) is 0. The van der Waals surface area contributed by atoms with Gasteiger partial charge in [-0.05, 0) is 13.0 Å². The second kappa shape index (κ2) is 2.75. The van der Waals surface area contributed by atoms with Crippen LogP contribution in [-0.2, 0) is 0 Å². The summed E-state index contributed by atoms with van der Waals surface area (Å²) in [5.74, 6) is 0. The summed E-state index contributed by atoms with van der Waals surface area (Å²) in [4.78, 5) is 0. The van der Waals surface area contributed by atoms with Crippen LogP contribution >= 0.6 is 0 Å². The van der Waals surface area contributed by atoms with Gasteiger partial charge in [0.05, 0.1) is 26.7 Å². The molecule has 0 aromatic heterocycles. The van der Waals surface area contributed by atoms with Crippen LogP contribution in [0.5, 0.6) is 0 Å². The normalized spacial score (nSPS) is 20.3. The maximum absolute atomic E-state index is 2.32. The number of hydrogen-bond donors (Lipinski definition) is 0. The highest BCUT2D eigenvalue weighted by atomic mass is 15.3. The van der Waals surface area contributed by atoms with Crippen molar-refractivity contribution >= 4 is 0 Å². The van der Waals surface area contributed by atoms with E-state index >= 15 is 0 Å². The topological polar surface area (TPSA) is 0 Å². The molecule has 1 heteroatoms. The summed E-state index contributed by atoms with van der Waals surface area (Å²) >= 11 is 0. The first kappa shape index (κ1) is 7.80. The maximum Gasteiger partial charge on any atom is 0.0971 e. The Balaban J connectivity index is 2.34. The Hall–Kier alpha value is -0.300. The zero-order valence-corrected chi connectivity index (χ0v) is 7.30. The predicted octanol–water partition coefficient (Wildman–Crippen LogP) is 1.80. The first-order valence-corrected chi connectivity index (χ1v) is 4.10. The summed E-state index contributed by atoms with van der Waals surface area (Å²) in [5.41, 5.74) is 0. The van der Waals surface area contributed by atoms with E-state index in [4.69, 9.17) is 0 Å². The third-order valence-corrected chi connectivity index (χ3v) is 2.35. The summed E-state index contributed by atoms with van der Waals surface area (Å²) < 4.78 is 1.18. The highest BCUT2D eigenvalue weighted by Crippen LogP contribution is 2.30. The monoisotopic (exact) mass is 140 g/mol. The molecule has 1 nitrogen and oxygen atoms in total. The zero-order valence-electron chi connectivity index (χ0n) is 7.30. The fraction of sp³-hybridized carbons (Fsp3) is 0.778. The lowest BCUT2D eigenvalue weighted by Gasteiger charge is -2.28. The average molecular weight is 140 g/mol. The Morgan fingerprint density at radius 2 is 2.00 bits per heavy atom. The van der Waals surface area contributed by atoms with Crippen molar-refractivity contribution in [2.45, 2.75) is 25.8 Å². The molecule has 0 saturated heterocycles. The van der Waals surface area contributed by atoms with Gasteiger partial charge < -0.3 is 4.48 Å². The second-order valence-electron chi connectivity index (χ2n) is 3.76. The molecule has 0 unspecified atom stereocenters. The lowest BCUT2D eigenvalue weighted by molar-refractivity contribution is -0.895. The van der Waals surface area contributed by atoms with E-state index in [1.165, 1.54) is 23.9 Å². The Morgan fingerprint density at radius 3 is 2.40 bits per heavy atom. The molecule has 0 spiro atoms. The summed E-state index contributed by atoms with van der Waals surface area (Å²) in [6, 6.07) is 0.955. The SMILES string of the molecule is C/C=C/C[N+](C)(C)C1CC1. The van der Waals surface area contributed by atoms with Gasteiger partial charge >= 0.3 is 0 Å². The molecular formula is C9H18N+. The van der Waals surface area contributed by atoms with E-state index in [2.05, 4.69) is 33.2 Å². The van der Waals surface area contributed by atoms with Gasteiger partial charge in [-0.25, -0.2) is 0 Å². The van der Waals surface area contributed by atoms with E-state index < -0.39 is 0 Å². The van der Waals surface area contributed by atoms with Gasteiger partial charge in [-0.15, -0.1) is 0 Å². The highest BCUT2D eigenvalue weighted by molar-refractivity contribution is 4.80. The van der Waals surface area contributed by atoms with Crippen molar-refractivity contribution in [3.05, 3.63) is 12.2 Å². The number of allylic oxidation sites excluding steroid dienone is 1. The van der Waals surface area contributed by atoms with Crippen molar-refractivity contribution in [1.82, 2.24) is 0 Å². The van der Waals surface area contributed by atoms with E-state index in [-0.39, 0.29) is 0 Å². The van der Waals surface area contributed by atoms with Crippen LogP contribution in [0, 0.1) is 0 Å². The van der Waals surface area contributed by atoms with E-state index in [1.54, 1.807) is 0 Å². The fourth-order valence-corrected chi connectivity index (χ4v) is 1.30. The number of nitrogens with zero attached hydrogens (tertiary/aromatic N) is 1. The van der Waals surface area contributed by atoms with E-state index in [1.807, 2.05) is 0 Å². The Labute approximate surface area is 63.9 Å². The molecule has 0 radical (unpaired) electrons. The molecule has 0 aromatic rings. The first-order chi connectivity index (χ1) is 4.67. The summed E-state index contributed by atoms with van der Waals surface area (Å²) in [5, 5.41) is 0. The van der Waals surface area contributed by atoms with Gasteiger partial charge in [0.25, 0.3) is 0 Å². The minimum Gasteiger partial charge on any atom is -0.323 e. The van der Waals surface area contributed by atoms with Crippen molar-refractivity contribution in [3.63, 3.8) is 0 Å². The number of quaternary nitrogens is 1. The van der Waals surface area contributed by atoms with Crippen molar-refractivity contribution in [2.75, 3.05) is 20.6 Å². The van der Waals surface area contributed by atoms with Crippen LogP contribution in [0.25, 0.3) is 0 Å². The molecular weight excluding hydrogens is 122 g/mol. The fourth-order valence-electron chi connectivity index (χ4n) is 1.30. The van der Waals surface area contributed by atoms with Crippen molar-refractivity contribution < 1.29 is 4.48 Å². The van der Waals surface area contributed by atoms with E-state index in [9.17, 15) is 0 Å². The number of rotatable bonds is 3. The largest absolute Gasteiger partial charge is 0.323 e. The highest BCUT2D eigenvalue weighted by Gasteiger charge is 2.36. The minimum absolute atomic E-state index is 0.955. The molecule has 1 aliphatic carbocycles. The molecule has 0 amide bonds. The molecule has 58 valence electrons. The van der Waals surface area contributed by atoms with Gasteiger partial charge in [-0.2, -0.15) is 0 Å². The van der Waals surface area contributed by atoms with Crippen LogP contribution < -0.4 is 0 Å². The van der Waals surface area contributed by atoms with Crippen LogP contribution in [0.1, 0.15) is 19.8 Å². The molecule has 0 heterocycles. The molecule has 0 atom stereocenters. The molecule has 0 N–H and O–H groups in total. The number of likely N-dealkylation sites (N-methyl/N-ethyl adjacent to an activating group) is 1. The summed E-state index contributed by atoms with van der Waals surface area (Å²) in [6.45, 7) is 3.29. The maximum atomic E-state index is 2.32. The van der Waals surface area contributed by atoms with Crippen molar-refractivity contribution in [1.29, 1.82) is 0 Å². The molecule has 10 heavy (non-hydrogen) atoms. The first-order valence-electron chi connectivity index (χ1n) is 4.10. The smallest absolute Gasteiger partial charge is 0.0971 e. The third kappa shape index (κ3) is 1.84. The van der Waals surface area contributed by atoms with Crippen LogP contribution in [0.2, 0.25) is 0 Å². The Morgan fingerprint density at radius 1 is 1.40 bits per heavy atom. The zero-order chi connectivity index (χ0) is 7.61. The summed E-state index contributed by atoms with van der Waals surface area (Å²) in [7, 11) is 4.63. The second-order valence-corrected chi connectivity index (χ2v) is 3.76. The van der Waals surface area contributed by atoms with Gasteiger partial charge in [-0.1, -0.05) is 6.08 Å². The molecule has 1 aliphatic rings. The van der Waals surface area contributed by atoms with Gasteiger partial charge in [0, 0.05) is 12.8 Å². The lowest BCUT2D eigenvalue weighted by Crippen LogP contribution is -2.41. The summed E-state index contributed by atoms with van der Waals surface area (Å²) in [6.07, 6.45) is 7.27. The van der Waals surface area contributed by atoms with E-state index in [0.29, 0.717) is 0 Å². The van der Waals surface area contributed by atoms with Gasteiger partial charge in [0.15, 0.2) is 0 Å². The van der Waals surface area contributed by atoms with Crippen molar-refractivity contribution in [2.24, 2.45) is 0 Å². The molecule has 1 fully saturated rings. The minimum atomic E-state index is 0.955. The van der Waals surface area contributed by atoms with E-state index in [0.717, 1.165) is 6.04 Å². The van der Waals surface area contributed by atoms with Crippen molar-refractivity contribution in [3.8, 4) is 0 Å². The molecule has 0 bridgehead atoms. The van der Waals surface area contributed by atoms with Gasteiger partial charge in [0.1, 0.15) is 0 Å². The predicted molar refractivity (Wildman–Crippen MR) is 44.8 cm³/mol. The Bertz CT molecular complexity index is 132. The Kier molecular flexibility index (Phi) is 2.14. The van der Waals surface area contributed by atoms with Crippen LogP contribution in [0.3, 0.4) is 0 Å². The molecule has 0 aliphatic heterocycles. The quantitative estimate of drug-likeness (QED) is 0.414. The van der Waals surface area contributed by atoms with Crippen LogP contribution in [0.15, 0.2) is 12.2 Å². The standard InChI is InChI=1S/C9H18N/c1-4-5-8-10(2,3)9-6-7-9/h4-5,9H,6-8H2,1-3H3/q+1/b5-4+. The van der Waals surface area contributed by atoms with Crippen LogP contribution in [-0.4, -0.2) is 31.2 Å².